The molecule has 0 aromatic heterocycles. The standard InChI is InChI=1S/C21H22F2N2O6/c1-29-17-7-3-13(9-18(17)30-2)4-8-21(28)31-12-20(27)24-11-19(26)25-14-5-6-15(22)16(23)10-14/h3,5-7,9-10H,4,8,11-12H2,1-2H3,(H,24,27)(H,25,26). The van der Waals surface area contributed by atoms with Crippen LogP contribution in [0.25, 0.3) is 0 Å². The van der Waals surface area contributed by atoms with Gasteiger partial charge in [-0.1, -0.05) is 6.07 Å². The summed E-state index contributed by atoms with van der Waals surface area (Å²) < 4.78 is 41.2. The number of methoxy groups -OCH3 is 2. The number of hydrogen-bond donors (Lipinski definition) is 2. The molecule has 0 unspecified atom stereocenters. The van der Waals surface area contributed by atoms with Gasteiger partial charge in [-0.3, -0.25) is 14.4 Å². The molecule has 0 fully saturated rings. The van der Waals surface area contributed by atoms with Gasteiger partial charge in [0, 0.05) is 18.2 Å². The molecule has 0 spiro atoms. The summed E-state index contributed by atoms with van der Waals surface area (Å²) in [6.45, 7) is -0.982. The fourth-order valence-corrected chi connectivity index (χ4v) is 2.51. The Morgan fingerprint density at radius 2 is 1.65 bits per heavy atom. The van der Waals surface area contributed by atoms with Gasteiger partial charge in [-0.25, -0.2) is 8.78 Å². The minimum Gasteiger partial charge on any atom is -0.493 e. The number of carbonyl (C=O) groups excluding carboxylic acids is 3. The Kier molecular flexibility index (Phi) is 8.74. The van der Waals surface area contributed by atoms with Crippen molar-refractivity contribution in [1.29, 1.82) is 0 Å². The molecule has 0 aliphatic carbocycles. The molecule has 0 aliphatic heterocycles. The number of nitrogens with one attached hydrogen (secondary N) is 2. The monoisotopic (exact) mass is 436 g/mol. The number of halogens is 2. The lowest BCUT2D eigenvalue weighted by atomic mass is 10.1. The van der Waals surface area contributed by atoms with Crippen LogP contribution in [0.1, 0.15) is 12.0 Å². The second kappa shape index (κ2) is 11.5. The highest BCUT2D eigenvalue weighted by molar-refractivity contribution is 5.94. The predicted molar refractivity (Wildman–Crippen MR) is 107 cm³/mol. The Bertz CT molecular complexity index is 951. The molecule has 2 amide bonds. The van der Waals surface area contributed by atoms with Gasteiger partial charge in [0.2, 0.25) is 5.91 Å². The van der Waals surface area contributed by atoms with E-state index in [-0.39, 0.29) is 12.1 Å². The summed E-state index contributed by atoms with van der Waals surface area (Å²) >= 11 is 0. The third-order valence-corrected chi connectivity index (χ3v) is 4.08. The maximum Gasteiger partial charge on any atom is 0.306 e. The highest BCUT2D eigenvalue weighted by atomic mass is 19.2. The van der Waals surface area contributed by atoms with Crippen molar-refractivity contribution in [3.63, 3.8) is 0 Å². The van der Waals surface area contributed by atoms with Gasteiger partial charge in [-0.15, -0.1) is 0 Å². The Hall–Kier alpha value is -3.69. The summed E-state index contributed by atoms with van der Waals surface area (Å²) in [6.07, 6.45) is 0.414. The van der Waals surface area contributed by atoms with Gasteiger partial charge < -0.3 is 24.8 Å². The number of ether oxygens (including phenoxy) is 3. The molecular weight excluding hydrogens is 414 g/mol. The van der Waals surface area contributed by atoms with Crippen LogP contribution in [-0.4, -0.2) is 45.2 Å². The Balaban J connectivity index is 1.69. The lowest BCUT2D eigenvalue weighted by Gasteiger charge is -2.10. The van der Waals surface area contributed by atoms with Crippen LogP contribution < -0.4 is 20.1 Å². The SMILES string of the molecule is COc1ccc(CCC(=O)OCC(=O)NCC(=O)Nc2ccc(F)c(F)c2)cc1OC. The molecule has 0 atom stereocenters. The van der Waals surface area contributed by atoms with Crippen molar-refractivity contribution in [3.8, 4) is 11.5 Å². The van der Waals surface area contributed by atoms with Crippen molar-refractivity contribution in [3.05, 3.63) is 53.6 Å². The largest absolute Gasteiger partial charge is 0.493 e. The van der Waals surface area contributed by atoms with Gasteiger partial charge in [0.1, 0.15) is 0 Å². The number of aryl methyl sites for hydroxylation is 1. The Morgan fingerprint density at radius 1 is 0.903 bits per heavy atom. The van der Waals surface area contributed by atoms with Crippen LogP contribution in [0.3, 0.4) is 0 Å². The summed E-state index contributed by atoms with van der Waals surface area (Å²) in [5, 5.41) is 4.56. The minimum absolute atomic E-state index is 0.0411. The first-order chi connectivity index (χ1) is 14.8. The molecule has 2 rings (SSSR count). The third kappa shape index (κ3) is 7.57. The molecule has 2 aromatic carbocycles. The van der Waals surface area contributed by atoms with E-state index in [0.717, 1.165) is 17.7 Å². The normalized spacial score (nSPS) is 10.2. The highest BCUT2D eigenvalue weighted by Gasteiger charge is 2.12. The fourth-order valence-electron chi connectivity index (χ4n) is 2.51. The zero-order valence-electron chi connectivity index (χ0n) is 17.0. The van der Waals surface area contributed by atoms with Crippen molar-refractivity contribution in [1.82, 2.24) is 5.32 Å². The first-order valence-electron chi connectivity index (χ1n) is 9.20. The number of amides is 2. The molecule has 31 heavy (non-hydrogen) atoms. The molecule has 0 saturated heterocycles. The van der Waals surface area contributed by atoms with Crippen LogP contribution in [0, 0.1) is 11.6 Å². The summed E-state index contributed by atoms with van der Waals surface area (Å²) in [5.74, 6) is -2.97. The maximum atomic E-state index is 13.1. The average molecular weight is 436 g/mol. The maximum absolute atomic E-state index is 13.1. The first-order valence-corrected chi connectivity index (χ1v) is 9.20. The second-order valence-electron chi connectivity index (χ2n) is 6.30. The zero-order valence-corrected chi connectivity index (χ0v) is 17.0. The molecule has 0 bridgehead atoms. The van der Waals surface area contributed by atoms with E-state index in [2.05, 4.69) is 10.6 Å². The second-order valence-corrected chi connectivity index (χ2v) is 6.30. The van der Waals surface area contributed by atoms with E-state index in [1.54, 1.807) is 18.2 Å². The summed E-state index contributed by atoms with van der Waals surface area (Å²) in [4.78, 5) is 35.3. The number of hydrogen-bond acceptors (Lipinski definition) is 6. The van der Waals surface area contributed by atoms with Gasteiger partial charge in [-0.05, 0) is 36.2 Å². The molecule has 166 valence electrons. The van der Waals surface area contributed by atoms with E-state index in [0.29, 0.717) is 17.9 Å². The number of carbonyl (C=O) groups is 3. The Labute approximate surface area is 177 Å². The fraction of sp³-hybridized carbons (Fsp3) is 0.286. The van der Waals surface area contributed by atoms with E-state index in [1.165, 1.54) is 20.3 Å². The van der Waals surface area contributed by atoms with Crippen LogP contribution in [0.5, 0.6) is 11.5 Å². The highest BCUT2D eigenvalue weighted by Crippen LogP contribution is 2.28. The van der Waals surface area contributed by atoms with Gasteiger partial charge >= 0.3 is 5.97 Å². The van der Waals surface area contributed by atoms with E-state index in [4.69, 9.17) is 14.2 Å². The number of esters is 1. The summed E-state index contributed by atoms with van der Waals surface area (Å²) in [7, 11) is 3.03. The van der Waals surface area contributed by atoms with Crippen LogP contribution in [0.15, 0.2) is 36.4 Å². The topological polar surface area (TPSA) is 103 Å². The zero-order chi connectivity index (χ0) is 22.8. The average Bonchev–Trinajstić information content (AvgIpc) is 2.77. The minimum atomic E-state index is -1.11. The lowest BCUT2D eigenvalue weighted by molar-refractivity contribution is -0.148. The molecule has 0 saturated carbocycles. The molecule has 10 heteroatoms. The van der Waals surface area contributed by atoms with Crippen LogP contribution in [0.4, 0.5) is 14.5 Å². The molecule has 0 aliphatic rings. The predicted octanol–water partition coefficient (Wildman–Crippen LogP) is 2.21. The molecular formula is C21H22F2N2O6. The van der Waals surface area contributed by atoms with Crippen molar-refractivity contribution in [2.24, 2.45) is 0 Å². The van der Waals surface area contributed by atoms with Gasteiger partial charge in [0.05, 0.1) is 20.8 Å². The third-order valence-electron chi connectivity index (χ3n) is 4.08. The molecule has 2 N–H and O–H groups in total. The van der Waals surface area contributed by atoms with Gasteiger partial charge in [0.15, 0.2) is 29.7 Å². The van der Waals surface area contributed by atoms with Gasteiger partial charge in [-0.2, -0.15) is 0 Å². The smallest absolute Gasteiger partial charge is 0.306 e. The van der Waals surface area contributed by atoms with E-state index < -0.39 is 42.6 Å². The number of benzene rings is 2. The first kappa shape index (κ1) is 23.6. The van der Waals surface area contributed by atoms with Crippen molar-refractivity contribution >= 4 is 23.5 Å². The number of rotatable bonds is 10. The van der Waals surface area contributed by atoms with Crippen LogP contribution in [-0.2, 0) is 25.5 Å². The van der Waals surface area contributed by atoms with Crippen LogP contribution >= 0.6 is 0 Å². The van der Waals surface area contributed by atoms with Crippen molar-refractivity contribution < 1.29 is 37.4 Å². The van der Waals surface area contributed by atoms with Crippen molar-refractivity contribution in [2.45, 2.75) is 12.8 Å². The molecule has 2 aromatic rings. The molecule has 0 heterocycles. The van der Waals surface area contributed by atoms with Gasteiger partial charge in [0.25, 0.3) is 5.91 Å². The quantitative estimate of drug-likeness (QED) is 0.554. The summed E-state index contributed by atoms with van der Waals surface area (Å²) in [5.41, 5.74) is 0.868. The van der Waals surface area contributed by atoms with Crippen LogP contribution in [0.2, 0.25) is 0 Å². The lowest BCUT2D eigenvalue weighted by Crippen LogP contribution is -2.35. The molecule has 8 nitrogen and oxygen atoms in total. The summed E-state index contributed by atoms with van der Waals surface area (Å²) in [6, 6.07) is 8.11. The van der Waals surface area contributed by atoms with E-state index >= 15 is 0 Å². The number of anilines is 1. The Morgan fingerprint density at radius 3 is 2.32 bits per heavy atom. The molecule has 0 radical (unpaired) electrons. The van der Waals surface area contributed by atoms with Crippen molar-refractivity contribution in [2.75, 3.05) is 32.7 Å². The van der Waals surface area contributed by atoms with E-state index in [9.17, 15) is 23.2 Å². The van der Waals surface area contributed by atoms with E-state index in [1.807, 2.05) is 0 Å².